The zero-order valence-electron chi connectivity index (χ0n) is 9.30. The number of aliphatic hydroxyl groups excluding tert-OH is 1. The Bertz CT molecular complexity index is 74.2. The van der Waals surface area contributed by atoms with Crippen LogP contribution in [-0.2, 0) is 0 Å². The molecule has 0 bridgehead atoms. The predicted molar refractivity (Wildman–Crippen MR) is 55.4 cm³/mol. The second-order valence-electron chi connectivity index (χ2n) is 3.01. The molecule has 0 heterocycles. The molecule has 0 saturated carbocycles. The number of nitrogens with zero attached hydrogens (tertiary/aromatic N) is 1. The number of hydrogen-bond acceptors (Lipinski definition) is 2. The van der Waals surface area contributed by atoms with E-state index in [1.54, 1.807) is 0 Å². The van der Waals surface area contributed by atoms with Crippen molar-refractivity contribution in [1.82, 2.24) is 4.90 Å². The smallest absolute Gasteiger partial charge is 0.0558 e. The Morgan fingerprint density at radius 2 is 1.75 bits per heavy atom. The highest BCUT2D eigenvalue weighted by Gasteiger charge is 2.02. The average Bonchev–Trinajstić information content (AvgIpc) is 2.07. The first-order valence-electron chi connectivity index (χ1n) is 5.03. The van der Waals surface area contributed by atoms with Crippen molar-refractivity contribution in [3.63, 3.8) is 0 Å². The highest BCUT2D eigenvalue weighted by molar-refractivity contribution is 4.56. The van der Waals surface area contributed by atoms with E-state index in [1.807, 2.05) is 13.8 Å². The lowest BCUT2D eigenvalue weighted by atomic mass is 10.2. The summed E-state index contributed by atoms with van der Waals surface area (Å²) in [5.74, 6) is 0.700. The Morgan fingerprint density at radius 1 is 1.25 bits per heavy atom. The number of aliphatic hydroxyl groups is 1. The molecule has 0 atom stereocenters. The van der Waals surface area contributed by atoms with Crippen molar-refractivity contribution in [3.8, 4) is 0 Å². The fourth-order valence-electron chi connectivity index (χ4n) is 1.04. The van der Waals surface area contributed by atoms with Gasteiger partial charge in [0.2, 0.25) is 0 Å². The van der Waals surface area contributed by atoms with E-state index in [4.69, 9.17) is 5.11 Å². The van der Waals surface area contributed by atoms with E-state index in [0.717, 1.165) is 19.6 Å². The molecule has 2 nitrogen and oxygen atoms in total. The Labute approximate surface area is 77.6 Å². The fourth-order valence-corrected chi connectivity index (χ4v) is 1.04. The summed E-state index contributed by atoms with van der Waals surface area (Å²) in [5.41, 5.74) is 0. The molecule has 12 heavy (non-hydrogen) atoms. The van der Waals surface area contributed by atoms with E-state index in [-0.39, 0.29) is 6.61 Å². The van der Waals surface area contributed by atoms with Crippen LogP contribution in [0, 0.1) is 5.92 Å². The molecule has 0 aliphatic rings. The second-order valence-corrected chi connectivity index (χ2v) is 3.01. The summed E-state index contributed by atoms with van der Waals surface area (Å²) in [7, 11) is 0. The molecular formula is C10H25NO. The molecule has 2 heteroatoms. The maximum Gasteiger partial charge on any atom is 0.0558 e. The van der Waals surface area contributed by atoms with Gasteiger partial charge < -0.3 is 10.0 Å². The highest BCUT2D eigenvalue weighted by Crippen LogP contribution is 1.96. The molecule has 0 spiro atoms. The van der Waals surface area contributed by atoms with Crippen molar-refractivity contribution >= 4 is 0 Å². The molecule has 0 aromatic carbocycles. The first kappa shape index (κ1) is 14.4. The van der Waals surface area contributed by atoms with Crippen LogP contribution in [0.5, 0.6) is 0 Å². The van der Waals surface area contributed by atoms with Crippen molar-refractivity contribution in [1.29, 1.82) is 0 Å². The van der Waals surface area contributed by atoms with Crippen LogP contribution >= 0.6 is 0 Å². The van der Waals surface area contributed by atoms with Gasteiger partial charge in [-0.1, -0.05) is 34.6 Å². The number of likely N-dealkylation sites (N-methyl/N-ethyl adjacent to an activating group) is 1. The summed E-state index contributed by atoms with van der Waals surface area (Å²) >= 11 is 0. The van der Waals surface area contributed by atoms with Crippen molar-refractivity contribution < 1.29 is 5.11 Å². The maximum absolute atomic E-state index is 8.64. The van der Waals surface area contributed by atoms with Crippen LogP contribution in [0.25, 0.3) is 0 Å². The van der Waals surface area contributed by atoms with Crippen LogP contribution in [-0.4, -0.2) is 36.2 Å². The summed E-state index contributed by atoms with van der Waals surface area (Å²) in [6.45, 7) is 13.7. The van der Waals surface area contributed by atoms with Crippen LogP contribution in [0.1, 0.15) is 34.6 Å². The lowest BCUT2D eigenvalue weighted by molar-refractivity contribution is 0.188. The third-order valence-electron chi connectivity index (χ3n) is 1.49. The average molecular weight is 175 g/mol. The van der Waals surface area contributed by atoms with E-state index in [2.05, 4.69) is 25.7 Å². The highest BCUT2D eigenvalue weighted by atomic mass is 16.3. The van der Waals surface area contributed by atoms with Gasteiger partial charge in [-0.05, 0) is 12.5 Å². The third-order valence-corrected chi connectivity index (χ3v) is 1.49. The van der Waals surface area contributed by atoms with Gasteiger partial charge in [-0.2, -0.15) is 0 Å². The van der Waals surface area contributed by atoms with Crippen molar-refractivity contribution in [2.24, 2.45) is 5.92 Å². The number of hydrogen-bond donors (Lipinski definition) is 1. The molecule has 0 aromatic rings. The topological polar surface area (TPSA) is 23.5 Å². The molecule has 0 aromatic heterocycles. The SMILES string of the molecule is CC.CCN(CCO)CC(C)C. The van der Waals surface area contributed by atoms with Crippen molar-refractivity contribution in [2.45, 2.75) is 34.6 Å². The van der Waals surface area contributed by atoms with Crippen LogP contribution in [0.4, 0.5) is 0 Å². The normalized spacial score (nSPS) is 10.0. The molecule has 0 aliphatic heterocycles. The first-order chi connectivity index (χ1) is 5.70. The lowest BCUT2D eigenvalue weighted by Crippen LogP contribution is -2.30. The van der Waals surface area contributed by atoms with Crippen LogP contribution < -0.4 is 0 Å². The zero-order valence-corrected chi connectivity index (χ0v) is 9.30. The molecule has 0 saturated heterocycles. The zero-order chi connectivity index (χ0) is 9.98. The van der Waals surface area contributed by atoms with Gasteiger partial charge in [0.05, 0.1) is 6.61 Å². The largest absolute Gasteiger partial charge is 0.395 e. The minimum atomic E-state index is 0.278. The van der Waals surface area contributed by atoms with Gasteiger partial charge >= 0.3 is 0 Å². The van der Waals surface area contributed by atoms with E-state index >= 15 is 0 Å². The molecule has 0 unspecified atom stereocenters. The Hall–Kier alpha value is -0.0800. The monoisotopic (exact) mass is 175 g/mol. The van der Waals surface area contributed by atoms with E-state index in [1.165, 1.54) is 0 Å². The maximum atomic E-state index is 8.64. The molecule has 0 aliphatic carbocycles. The standard InChI is InChI=1S/C8H19NO.C2H6/c1-4-9(5-6-10)7-8(2)3;1-2/h8,10H,4-7H2,1-3H3;1-2H3. The van der Waals surface area contributed by atoms with E-state index in [0.29, 0.717) is 5.92 Å². The van der Waals surface area contributed by atoms with Gasteiger partial charge in [0.25, 0.3) is 0 Å². The fraction of sp³-hybridized carbons (Fsp3) is 1.00. The van der Waals surface area contributed by atoms with Gasteiger partial charge in [-0.3, -0.25) is 0 Å². The molecule has 1 N–H and O–H groups in total. The van der Waals surface area contributed by atoms with Crippen molar-refractivity contribution in [2.75, 3.05) is 26.2 Å². The van der Waals surface area contributed by atoms with Crippen molar-refractivity contribution in [3.05, 3.63) is 0 Å². The summed E-state index contributed by atoms with van der Waals surface area (Å²) in [4.78, 5) is 2.25. The molecule has 0 amide bonds. The van der Waals surface area contributed by atoms with Crippen LogP contribution in [0.15, 0.2) is 0 Å². The first-order valence-corrected chi connectivity index (χ1v) is 5.03. The quantitative estimate of drug-likeness (QED) is 0.690. The molecule has 0 rings (SSSR count). The lowest BCUT2D eigenvalue weighted by Gasteiger charge is -2.20. The molecule has 76 valence electrons. The summed E-state index contributed by atoms with van der Waals surface area (Å²) in [6, 6.07) is 0. The molecular weight excluding hydrogens is 150 g/mol. The second kappa shape index (κ2) is 10.9. The number of rotatable bonds is 5. The van der Waals surface area contributed by atoms with Gasteiger partial charge in [0, 0.05) is 13.1 Å². The Morgan fingerprint density at radius 3 is 2.00 bits per heavy atom. The Kier molecular flexibility index (Phi) is 13.1. The van der Waals surface area contributed by atoms with Crippen LogP contribution in [0.2, 0.25) is 0 Å². The third kappa shape index (κ3) is 9.92. The van der Waals surface area contributed by atoms with Gasteiger partial charge in [0.1, 0.15) is 0 Å². The summed E-state index contributed by atoms with van der Waals surface area (Å²) in [5, 5.41) is 8.64. The van der Waals surface area contributed by atoms with Gasteiger partial charge in [0.15, 0.2) is 0 Å². The predicted octanol–water partition coefficient (Wildman–Crippen LogP) is 1.98. The summed E-state index contributed by atoms with van der Waals surface area (Å²) in [6.07, 6.45) is 0. The minimum absolute atomic E-state index is 0.278. The van der Waals surface area contributed by atoms with Crippen LogP contribution in [0.3, 0.4) is 0 Å². The molecule has 0 radical (unpaired) electrons. The van der Waals surface area contributed by atoms with Gasteiger partial charge in [-0.25, -0.2) is 0 Å². The van der Waals surface area contributed by atoms with E-state index < -0.39 is 0 Å². The van der Waals surface area contributed by atoms with E-state index in [9.17, 15) is 0 Å². The minimum Gasteiger partial charge on any atom is -0.395 e. The Balaban J connectivity index is 0. The molecule has 0 fully saturated rings. The van der Waals surface area contributed by atoms with Gasteiger partial charge in [-0.15, -0.1) is 0 Å². The summed E-state index contributed by atoms with van der Waals surface area (Å²) < 4.78 is 0.